The molecule has 2 aliphatic carbocycles. The van der Waals surface area contributed by atoms with Crippen molar-refractivity contribution >= 4 is 0 Å². The van der Waals surface area contributed by atoms with Crippen LogP contribution in [0.1, 0.15) is 50.1 Å². The third-order valence-electron chi connectivity index (χ3n) is 4.09. The van der Waals surface area contributed by atoms with E-state index in [4.69, 9.17) is 0 Å². The molecular formula is C15H20FN. The molecule has 0 bridgehead atoms. The van der Waals surface area contributed by atoms with Crippen molar-refractivity contribution in [3.05, 3.63) is 35.6 Å². The minimum Gasteiger partial charge on any atom is -0.307 e. The monoisotopic (exact) mass is 233 g/mol. The van der Waals surface area contributed by atoms with Gasteiger partial charge in [-0.05, 0) is 49.3 Å². The van der Waals surface area contributed by atoms with Crippen LogP contribution in [0.15, 0.2) is 24.3 Å². The van der Waals surface area contributed by atoms with Gasteiger partial charge < -0.3 is 5.32 Å². The lowest BCUT2D eigenvalue weighted by molar-refractivity contribution is 0.406. The van der Waals surface area contributed by atoms with Crippen LogP contribution in [0.25, 0.3) is 0 Å². The predicted octanol–water partition coefficient (Wildman–Crippen LogP) is 3.81. The highest BCUT2D eigenvalue weighted by Crippen LogP contribution is 2.42. The quantitative estimate of drug-likeness (QED) is 0.834. The lowest BCUT2D eigenvalue weighted by atomic mass is 10.0. The van der Waals surface area contributed by atoms with Crippen molar-refractivity contribution < 1.29 is 4.39 Å². The number of hydrogen-bond donors (Lipinski definition) is 1. The van der Waals surface area contributed by atoms with E-state index in [2.05, 4.69) is 5.32 Å². The first-order chi connectivity index (χ1) is 8.33. The average Bonchev–Trinajstić information content (AvgIpc) is 3.05. The van der Waals surface area contributed by atoms with E-state index in [0.29, 0.717) is 12.1 Å². The average molecular weight is 233 g/mol. The number of benzene rings is 1. The Kier molecular flexibility index (Phi) is 3.15. The Morgan fingerprint density at radius 2 is 1.65 bits per heavy atom. The Bertz CT molecular complexity index is 363. The van der Waals surface area contributed by atoms with Crippen LogP contribution in [0.4, 0.5) is 4.39 Å². The molecule has 2 aliphatic rings. The van der Waals surface area contributed by atoms with Crippen LogP contribution in [0.3, 0.4) is 0 Å². The lowest BCUT2D eigenvalue weighted by Gasteiger charge is -2.23. The summed E-state index contributed by atoms with van der Waals surface area (Å²) < 4.78 is 13.0. The van der Waals surface area contributed by atoms with Gasteiger partial charge in [0.05, 0.1) is 0 Å². The van der Waals surface area contributed by atoms with Gasteiger partial charge in [-0.25, -0.2) is 4.39 Å². The number of rotatable bonds is 4. The van der Waals surface area contributed by atoms with Crippen molar-refractivity contribution in [1.29, 1.82) is 0 Å². The third-order valence-corrected chi connectivity index (χ3v) is 4.09. The fraction of sp³-hybridized carbons (Fsp3) is 0.600. The van der Waals surface area contributed by atoms with E-state index in [1.54, 1.807) is 12.1 Å². The summed E-state index contributed by atoms with van der Waals surface area (Å²) in [5.74, 6) is 0.644. The molecule has 1 atom stereocenters. The second kappa shape index (κ2) is 4.77. The van der Waals surface area contributed by atoms with Gasteiger partial charge in [-0.1, -0.05) is 25.0 Å². The molecule has 0 aliphatic heterocycles. The number of halogens is 1. The maximum atomic E-state index is 13.0. The fourth-order valence-corrected chi connectivity index (χ4v) is 2.95. The summed E-state index contributed by atoms with van der Waals surface area (Å²) in [6, 6.07) is 8.20. The first-order valence-electron chi connectivity index (χ1n) is 6.84. The second-order valence-corrected chi connectivity index (χ2v) is 5.51. The molecule has 2 saturated carbocycles. The molecule has 0 amide bonds. The van der Waals surface area contributed by atoms with E-state index in [9.17, 15) is 4.39 Å². The Balaban J connectivity index is 1.72. The zero-order valence-electron chi connectivity index (χ0n) is 10.2. The van der Waals surface area contributed by atoms with Gasteiger partial charge in [0.15, 0.2) is 0 Å². The van der Waals surface area contributed by atoms with Crippen LogP contribution in [-0.2, 0) is 0 Å². The topological polar surface area (TPSA) is 12.0 Å². The van der Waals surface area contributed by atoms with E-state index in [-0.39, 0.29) is 5.82 Å². The molecule has 0 heterocycles. The van der Waals surface area contributed by atoms with Crippen LogP contribution in [0.2, 0.25) is 0 Å². The zero-order chi connectivity index (χ0) is 11.7. The standard InChI is InChI=1S/C15H20FN/c16-13-9-7-12(8-10-13)15(11-5-6-11)17-14-3-1-2-4-14/h7-11,14-15,17H,1-6H2. The minimum atomic E-state index is -0.135. The molecule has 1 aromatic carbocycles. The molecule has 1 aromatic rings. The minimum absolute atomic E-state index is 0.135. The highest BCUT2D eigenvalue weighted by Gasteiger charge is 2.33. The van der Waals surface area contributed by atoms with Gasteiger partial charge in [-0.15, -0.1) is 0 Å². The molecule has 0 spiro atoms. The molecule has 0 saturated heterocycles. The van der Waals surface area contributed by atoms with Crippen molar-refractivity contribution in [2.75, 3.05) is 0 Å². The predicted molar refractivity (Wildman–Crippen MR) is 67.3 cm³/mol. The Morgan fingerprint density at radius 1 is 1.00 bits per heavy atom. The molecule has 0 aromatic heterocycles. The SMILES string of the molecule is Fc1ccc(C(NC2CCCC2)C2CC2)cc1. The largest absolute Gasteiger partial charge is 0.307 e. The first-order valence-corrected chi connectivity index (χ1v) is 6.84. The maximum absolute atomic E-state index is 13.0. The van der Waals surface area contributed by atoms with E-state index >= 15 is 0 Å². The summed E-state index contributed by atoms with van der Waals surface area (Å²) in [6.45, 7) is 0. The molecule has 3 rings (SSSR count). The third kappa shape index (κ3) is 2.68. The van der Waals surface area contributed by atoms with Crippen molar-refractivity contribution in [3.63, 3.8) is 0 Å². The highest BCUT2D eigenvalue weighted by molar-refractivity contribution is 5.22. The summed E-state index contributed by atoms with van der Waals surface area (Å²) in [5, 5.41) is 3.79. The Hall–Kier alpha value is -0.890. The van der Waals surface area contributed by atoms with Gasteiger partial charge in [0.2, 0.25) is 0 Å². The lowest BCUT2D eigenvalue weighted by Crippen LogP contribution is -2.31. The molecule has 17 heavy (non-hydrogen) atoms. The van der Waals surface area contributed by atoms with Gasteiger partial charge in [0.25, 0.3) is 0 Å². The molecule has 2 heteroatoms. The van der Waals surface area contributed by atoms with E-state index in [0.717, 1.165) is 5.92 Å². The molecular weight excluding hydrogens is 213 g/mol. The van der Waals surface area contributed by atoms with Crippen molar-refractivity contribution in [2.45, 2.75) is 50.6 Å². The maximum Gasteiger partial charge on any atom is 0.123 e. The Morgan fingerprint density at radius 3 is 2.24 bits per heavy atom. The summed E-state index contributed by atoms with van der Waals surface area (Å²) in [4.78, 5) is 0. The van der Waals surface area contributed by atoms with Gasteiger partial charge >= 0.3 is 0 Å². The van der Waals surface area contributed by atoms with Gasteiger partial charge in [0, 0.05) is 12.1 Å². The summed E-state index contributed by atoms with van der Waals surface area (Å²) in [5.41, 5.74) is 1.26. The first kappa shape index (κ1) is 11.2. The summed E-state index contributed by atoms with van der Waals surface area (Å²) in [6.07, 6.45) is 7.98. The zero-order valence-corrected chi connectivity index (χ0v) is 10.2. The van der Waals surface area contributed by atoms with Crippen LogP contribution in [0, 0.1) is 11.7 Å². The van der Waals surface area contributed by atoms with Crippen LogP contribution in [-0.4, -0.2) is 6.04 Å². The Labute approximate surface area is 102 Å². The molecule has 0 radical (unpaired) electrons. The molecule has 1 N–H and O–H groups in total. The van der Waals surface area contributed by atoms with Gasteiger partial charge in [-0.3, -0.25) is 0 Å². The van der Waals surface area contributed by atoms with Crippen molar-refractivity contribution in [3.8, 4) is 0 Å². The van der Waals surface area contributed by atoms with E-state index in [1.807, 2.05) is 12.1 Å². The number of hydrogen-bond acceptors (Lipinski definition) is 1. The second-order valence-electron chi connectivity index (χ2n) is 5.51. The van der Waals surface area contributed by atoms with Gasteiger partial charge in [-0.2, -0.15) is 0 Å². The van der Waals surface area contributed by atoms with Crippen molar-refractivity contribution in [2.24, 2.45) is 5.92 Å². The molecule has 1 unspecified atom stereocenters. The van der Waals surface area contributed by atoms with Crippen molar-refractivity contribution in [1.82, 2.24) is 5.32 Å². The summed E-state index contributed by atoms with van der Waals surface area (Å²) in [7, 11) is 0. The highest BCUT2D eigenvalue weighted by atomic mass is 19.1. The smallest absolute Gasteiger partial charge is 0.123 e. The molecule has 1 nitrogen and oxygen atoms in total. The van der Waals surface area contributed by atoms with Gasteiger partial charge in [0.1, 0.15) is 5.82 Å². The van der Waals surface area contributed by atoms with E-state index < -0.39 is 0 Å². The fourth-order valence-electron chi connectivity index (χ4n) is 2.95. The van der Waals surface area contributed by atoms with Crippen LogP contribution < -0.4 is 5.32 Å². The van der Waals surface area contributed by atoms with Crippen LogP contribution in [0.5, 0.6) is 0 Å². The summed E-state index contributed by atoms with van der Waals surface area (Å²) >= 11 is 0. The van der Waals surface area contributed by atoms with Crippen LogP contribution >= 0.6 is 0 Å². The molecule has 2 fully saturated rings. The molecule has 92 valence electrons. The van der Waals surface area contributed by atoms with E-state index in [1.165, 1.54) is 44.1 Å². The number of nitrogens with one attached hydrogen (secondary N) is 1. The normalized spacial score (nSPS) is 22.9.